The van der Waals surface area contributed by atoms with Crippen LogP contribution < -0.4 is 0 Å². The number of hydrogen-bond donors (Lipinski definition) is 2. The van der Waals surface area contributed by atoms with Gasteiger partial charge in [-0.05, 0) is 0 Å². The number of ether oxygens (including phenoxy) is 1. The van der Waals surface area contributed by atoms with Crippen LogP contribution in [0.5, 0.6) is 5.88 Å². The van der Waals surface area contributed by atoms with Gasteiger partial charge in [-0.1, -0.05) is 0 Å². The second-order valence-electron chi connectivity index (χ2n) is 4.10. The average Bonchev–Trinajstić information content (AvgIpc) is 2.93. The summed E-state index contributed by atoms with van der Waals surface area (Å²) in [5.41, 5.74) is 0.495. The summed E-state index contributed by atoms with van der Waals surface area (Å²) in [5.74, 6) is -0.258. The molecular weight excluding hydrogens is 266 g/mol. The van der Waals surface area contributed by atoms with Gasteiger partial charge < -0.3 is 14.9 Å². The van der Waals surface area contributed by atoms with Crippen molar-refractivity contribution in [3.8, 4) is 5.88 Å². The number of halogens is 1. The van der Waals surface area contributed by atoms with Crippen LogP contribution >= 0.6 is 0 Å². The first kappa shape index (κ1) is 14.6. The number of hydrogen-bond acceptors (Lipinski definition) is 6. The van der Waals surface area contributed by atoms with Crippen LogP contribution in [0.2, 0.25) is 0 Å². The molecule has 19 heavy (non-hydrogen) atoms. The van der Waals surface area contributed by atoms with E-state index in [2.05, 4.69) is 15.0 Å². The van der Waals surface area contributed by atoms with E-state index in [-0.39, 0.29) is 54.0 Å². The van der Waals surface area contributed by atoms with Gasteiger partial charge in [0.25, 0.3) is 0 Å². The molecule has 9 heteroatoms. The Balaban J connectivity index is 0.00000133. The fraction of sp³-hybridized carbons (Fsp3) is 0.500. The number of aliphatic hydroxyl groups excluding tert-OH is 1. The van der Waals surface area contributed by atoms with Crippen molar-refractivity contribution in [1.82, 2.24) is 19.5 Å². The molecule has 2 N–H and O–H groups in total. The molecule has 0 saturated carbocycles. The molecule has 0 bridgehead atoms. The molecule has 0 amide bonds. The third-order valence-electron chi connectivity index (χ3n) is 2.95. The van der Waals surface area contributed by atoms with Gasteiger partial charge in [0.15, 0.2) is 17.4 Å². The molecule has 1 saturated heterocycles. The van der Waals surface area contributed by atoms with E-state index < -0.39 is 18.5 Å². The molecule has 1 aliphatic heterocycles. The maximum absolute atomic E-state index is 13.8. The third-order valence-corrected chi connectivity index (χ3v) is 2.95. The summed E-state index contributed by atoms with van der Waals surface area (Å²) in [7, 11) is 0. The van der Waals surface area contributed by atoms with Crippen LogP contribution in [0.15, 0.2) is 12.7 Å². The Bertz CT molecular complexity index is 581. The van der Waals surface area contributed by atoms with Gasteiger partial charge in [-0.15, -0.1) is 0 Å². The first-order chi connectivity index (χ1) is 8.70. The summed E-state index contributed by atoms with van der Waals surface area (Å²) in [6.45, 7) is -0.232. The van der Waals surface area contributed by atoms with Crippen LogP contribution in [0.4, 0.5) is 4.39 Å². The Morgan fingerprint density at radius 1 is 1.42 bits per heavy atom. The SMILES string of the molecule is OC[C@@H]1CC(F)[C@H](n2cnc3c(O)ncnc32)O1.[NaH]. The summed E-state index contributed by atoms with van der Waals surface area (Å²) in [6.07, 6.45) is -0.0359. The molecule has 1 unspecified atom stereocenters. The van der Waals surface area contributed by atoms with E-state index >= 15 is 0 Å². The Kier molecular flexibility index (Phi) is 4.36. The number of nitrogens with zero attached hydrogens (tertiary/aromatic N) is 4. The summed E-state index contributed by atoms with van der Waals surface area (Å²) < 4.78 is 20.6. The molecule has 0 aliphatic carbocycles. The van der Waals surface area contributed by atoms with Crippen molar-refractivity contribution in [1.29, 1.82) is 0 Å². The van der Waals surface area contributed by atoms with Gasteiger partial charge >= 0.3 is 29.6 Å². The number of aliphatic hydroxyl groups is 1. The van der Waals surface area contributed by atoms with Gasteiger partial charge in [0.2, 0.25) is 5.88 Å². The Morgan fingerprint density at radius 3 is 2.89 bits per heavy atom. The van der Waals surface area contributed by atoms with Gasteiger partial charge in [-0.3, -0.25) is 4.57 Å². The zero-order valence-corrected chi connectivity index (χ0v) is 9.27. The van der Waals surface area contributed by atoms with Crippen molar-refractivity contribution in [2.45, 2.75) is 24.9 Å². The topological polar surface area (TPSA) is 93.3 Å². The van der Waals surface area contributed by atoms with Crippen molar-refractivity contribution >= 4 is 40.7 Å². The molecule has 98 valence electrons. The molecule has 0 aromatic carbocycles. The van der Waals surface area contributed by atoms with Crippen LogP contribution in [0.1, 0.15) is 12.6 Å². The van der Waals surface area contributed by atoms with Crippen molar-refractivity contribution in [2.75, 3.05) is 6.61 Å². The number of aromatic hydroxyl groups is 1. The molecular formula is C10H12FN4NaO3. The van der Waals surface area contributed by atoms with Crippen LogP contribution in [0, 0.1) is 0 Å². The first-order valence-electron chi connectivity index (χ1n) is 5.47. The second-order valence-corrected chi connectivity index (χ2v) is 4.10. The molecule has 3 rings (SSSR count). The summed E-state index contributed by atoms with van der Waals surface area (Å²) in [6, 6.07) is 0. The minimum absolute atomic E-state index is 0. The zero-order chi connectivity index (χ0) is 12.7. The molecule has 0 spiro atoms. The molecule has 1 aliphatic rings. The van der Waals surface area contributed by atoms with Crippen molar-refractivity contribution in [3.05, 3.63) is 12.7 Å². The zero-order valence-electron chi connectivity index (χ0n) is 9.27. The predicted octanol–water partition coefficient (Wildman–Crippen LogP) is -0.499. The number of aromatic nitrogens is 4. The van der Waals surface area contributed by atoms with E-state index in [9.17, 15) is 9.50 Å². The molecule has 1 fully saturated rings. The van der Waals surface area contributed by atoms with Crippen LogP contribution in [-0.4, -0.2) is 78.2 Å². The minimum atomic E-state index is -1.25. The van der Waals surface area contributed by atoms with Crippen LogP contribution in [0.25, 0.3) is 11.2 Å². The first-order valence-corrected chi connectivity index (χ1v) is 5.47. The summed E-state index contributed by atoms with van der Waals surface area (Å²) >= 11 is 0. The standard InChI is InChI=1S/C10H11FN4O3.Na.H/c11-6-1-5(2-16)18-10(6)15-4-14-7-8(15)12-3-13-9(7)17;;/h3-6,10,16H,1-2H2,(H,12,13,17);;/t5-,6?,10+;;/m0../s1. The van der Waals surface area contributed by atoms with Gasteiger partial charge in [0.05, 0.1) is 19.0 Å². The van der Waals surface area contributed by atoms with Gasteiger partial charge in [0.1, 0.15) is 12.5 Å². The fourth-order valence-electron chi connectivity index (χ4n) is 2.09. The number of rotatable bonds is 2. The second kappa shape index (κ2) is 5.68. The summed E-state index contributed by atoms with van der Waals surface area (Å²) in [5, 5.41) is 18.5. The third kappa shape index (κ3) is 2.46. The van der Waals surface area contributed by atoms with Crippen LogP contribution in [0.3, 0.4) is 0 Å². The molecule has 3 heterocycles. The summed E-state index contributed by atoms with van der Waals surface area (Å²) in [4.78, 5) is 11.5. The van der Waals surface area contributed by atoms with Crippen LogP contribution in [-0.2, 0) is 4.74 Å². The normalized spacial score (nSPS) is 26.5. The Labute approximate surface area is 129 Å². The molecule has 2 aromatic rings. The maximum atomic E-state index is 13.8. The van der Waals surface area contributed by atoms with E-state index in [1.54, 1.807) is 0 Å². The molecule has 3 atom stereocenters. The van der Waals surface area contributed by atoms with Crippen molar-refractivity contribution < 1.29 is 19.3 Å². The van der Waals surface area contributed by atoms with E-state index in [4.69, 9.17) is 9.84 Å². The van der Waals surface area contributed by atoms with Gasteiger partial charge in [0, 0.05) is 6.42 Å². The van der Waals surface area contributed by atoms with E-state index in [0.717, 1.165) is 0 Å². The molecule has 0 radical (unpaired) electrons. The Morgan fingerprint density at radius 2 is 2.21 bits per heavy atom. The molecule has 7 nitrogen and oxygen atoms in total. The number of fused-ring (bicyclic) bond motifs is 1. The fourth-order valence-corrected chi connectivity index (χ4v) is 2.09. The number of imidazole rings is 1. The molecule has 2 aromatic heterocycles. The van der Waals surface area contributed by atoms with E-state index in [0.29, 0.717) is 5.65 Å². The number of alkyl halides is 1. The van der Waals surface area contributed by atoms with Gasteiger partial charge in [-0.2, -0.15) is 4.98 Å². The van der Waals surface area contributed by atoms with E-state index in [1.807, 2.05) is 0 Å². The quantitative estimate of drug-likeness (QED) is 0.719. The average molecular weight is 278 g/mol. The van der Waals surface area contributed by atoms with Crippen molar-refractivity contribution in [2.24, 2.45) is 0 Å². The predicted molar refractivity (Wildman–Crippen MR) is 64.6 cm³/mol. The van der Waals surface area contributed by atoms with Crippen molar-refractivity contribution in [3.63, 3.8) is 0 Å². The monoisotopic (exact) mass is 278 g/mol. The Hall–Kier alpha value is -0.800. The van der Waals surface area contributed by atoms with E-state index in [1.165, 1.54) is 17.2 Å². The van der Waals surface area contributed by atoms with Gasteiger partial charge in [-0.25, -0.2) is 14.4 Å².